The predicted octanol–water partition coefficient (Wildman–Crippen LogP) is 2.48. The molecule has 0 saturated carbocycles. The van der Waals surface area contributed by atoms with E-state index in [0.29, 0.717) is 13.2 Å². The van der Waals surface area contributed by atoms with Crippen LogP contribution in [0.3, 0.4) is 0 Å². The van der Waals surface area contributed by atoms with Crippen LogP contribution >= 0.6 is 0 Å². The summed E-state index contributed by atoms with van der Waals surface area (Å²) in [5.74, 6) is -0.105. The standard InChI is InChI=1S/C10H11FNO/c1-8-3-4-10(9(11)7-8)13-6-5-12-2/h2-4,7H,5-6H2,1H3/q+1. The van der Waals surface area contributed by atoms with Crippen molar-refractivity contribution in [2.75, 3.05) is 13.2 Å². The van der Waals surface area contributed by atoms with Crippen molar-refractivity contribution < 1.29 is 9.13 Å². The lowest BCUT2D eigenvalue weighted by Crippen LogP contribution is -2.01. The molecule has 0 heterocycles. The second-order valence-corrected chi connectivity index (χ2v) is 2.69. The molecule has 0 aliphatic carbocycles. The maximum Gasteiger partial charge on any atom is 0.296 e. The van der Waals surface area contributed by atoms with Crippen molar-refractivity contribution in [2.24, 2.45) is 0 Å². The van der Waals surface area contributed by atoms with E-state index in [0.717, 1.165) is 5.56 Å². The van der Waals surface area contributed by atoms with E-state index in [1.54, 1.807) is 12.1 Å². The number of rotatable bonds is 3. The fourth-order valence-corrected chi connectivity index (χ4v) is 0.931. The lowest BCUT2D eigenvalue weighted by Gasteiger charge is -2.03. The van der Waals surface area contributed by atoms with Crippen LogP contribution in [0.1, 0.15) is 5.56 Å². The number of aryl methyl sites for hydroxylation is 1. The van der Waals surface area contributed by atoms with Gasteiger partial charge in [-0.2, -0.15) is 0 Å². The summed E-state index contributed by atoms with van der Waals surface area (Å²) in [6, 6.07) is 4.81. The first-order valence-electron chi connectivity index (χ1n) is 3.99. The maximum absolute atomic E-state index is 13.1. The van der Waals surface area contributed by atoms with Crippen LogP contribution in [-0.4, -0.2) is 13.2 Å². The fraction of sp³-hybridized carbons (Fsp3) is 0.300. The Labute approximate surface area is 76.8 Å². The molecule has 0 N–H and O–H groups in total. The molecule has 0 saturated heterocycles. The zero-order valence-corrected chi connectivity index (χ0v) is 7.46. The molecule has 1 aromatic carbocycles. The largest absolute Gasteiger partial charge is 0.483 e. The summed E-state index contributed by atoms with van der Waals surface area (Å²) in [4.78, 5) is 3.35. The number of halogens is 1. The Hall–Kier alpha value is -1.56. The van der Waals surface area contributed by atoms with Gasteiger partial charge in [-0.3, -0.25) is 0 Å². The van der Waals surface area contributed by atoms with E-state index in [2.05, 4.69) is 4.85 Å². The molecule has 1 aromatic rings. The zero-order valence-electron chi connectivity index (χ0n) is 7.46. The van der Waals surface area contributed by atoms with Gasteiger partial charge in [-0.25, -0.2) is 4.39 Å². The summed E-state index contributed by atoms with van der Waals surface area (Å²) in [6.45, 7) is 7.40. The highest BCUT2D eigenvalue weighted by atomic mass is 19.1. The molecule has 0 unspecified atom stereocenters. The van der Waals surface area contributed by atoms with Gasteiger partial charge in [-0.1, -0.05) is 10.9 Å². The molecule has 0 atom stereocenters. The Kier molecular flexibility index (Phi) is 3.27. The van der Waals surface area contributed by atoms with E-state index in [4.69, 9.17) is 11.3 Å². The SMILES string of the molecule is C#[N+]CCOc1ccc(C)cc1F. The van der Waals surface area contributed by atoms with Crippen LogP contribution < -0.4 is 4.74 Å². The number of hydrogen-bond donors (Lipinski definition) is 0. The molecule has 0 aromatic heterocycles. The minimum absolute atomic E-state index is 0.245. The lowest BCUT2D eigenvalue weighted by molar-refractivity contribution is 0.318. The van der Waals surface area contributed by atoms with Crippen LogP contribution in [0.5, 0.6) is 5.75 Å². The average molecular weight is 180 g/mol. The Morgan fingerprint density at radius 2 is 2.31 bits per heavy atom. The van der Waals surface area contributed by atoms with Crippen LogP contribution in [0.4, 0.5) is 4.39 Å². The molecule has 0 fully saturated rings. The first-order valence-corrected chi connectivity index (χ1v) is 3.99. The summed E-state index contributed by atoms with van der Waals surface area (Å²) in [7, 11) is 0. The van der Waals surface area contributed by atoms with Crippen LogP contribution in [0, 0.1) is 19.3 Å². The van der Waals surface area contributed by atoms with Crippen LogP contribution in [-0.2, 0) is 0 Å². The van der Waals surface area contributed by atoms with Crippen molar-refractivity contribution in [1.29, 1.82) is 0 Å². The molecule has 0 aliphatic heterocycles. The molecular formula is C10H11FNO+. The molecule has 0 bridgehead atoms. The fourth-order valence-electron chi connectivity index (χ4n) is 0.931. The van der Waals surface area contributed by atoms with Crippen molar-refractivity contribution >= 4 is 0 Å². The van der Waals surface area contributed by atoms with Gasteiger partial charge < -0.3 is 4.74 Å². The Balaban J connectivity index is 2.62. The first kappa shape index (κ1) is 9.53. The summed E-state index contributed by atoms with van der Waals surface area (Å²) in [6.07, 6.45) is 0. The smallest absolute Gasteiger partial charge is 0.296 e. The number of ether oxygens (including phenoxy) is 1. The normalized spacial score (nSPS) is 9.31. The van der Waals surface area contributed by atoms with Crippen LogP contribution in [0.2, 0.25) is 0 Å². The van der Waals surface area contributed by atoms with Gasteiger partial charge in [0.25, 0.3) is 13.1 Å². The van der Waals surface area contributed by atoms with Gasteiger partial charge in [0.15, 0.2) is 18.2 Å². The molecule has 0 aliphatic rings. The summed E-state index contributed by atoms with van der Waals surface area (Å²) >= 11 is 0. The lowest BCUT2D eigenvalue weighted by atomic mass is 10.2. The maximum atomic E-state index is 13.1. The highest BCUT2D eigenvalue weighted by Crippen LogP contribution is 2.17. The molecule has 13 heavy (non-hydrogen) atoms. The predicted molar refractivity (Wildman–Crippen MR) is 49.8 cm³/mol. The van der Waals surface area contributed by atoms with Crippen molar-refractivity contribution in [2.45, 2.75) is 6.92 Å². The topological polar surface area (TPSA) is 13.6 Å². The highest BCUT2D eigenvalue weighted by Gasteiger charge is 2.03. The third kappa shape index (κ3) is 2.75. The van der Waals surface area contributed by atoms with Gasteiger partial charge in [0, 0.05) is 0 Å². The van der Waals surface area contributed by atoms with Crippen molar-refractivity contribution in [3.63, 3.8) is 0 Å². The number of nitrogens with zero attached hydrogens (tertiary/aromatic N) is 1. The summed E-state index contributed by atoms with van der Waals surface area (Å²) < 4.78 is 18.2. The molecule has 68 valence electrons. The molecule has 0 amide bonds. The Morgan fingerprint density at radius 1 is 1.54 bits per heavy atom. The van der Waals surface area contributed by atoms with Crippen LogP contribution in [0.15, 0.2) is 18.2 Å². The zero-order chi connectivity index (χ0) is 9.68. The number of hydrogen-bond acceptors (Lipinski definition) is 1. The number of benzene rings is 1. The van der Waals surface area contributed by atoms with Crippen LogP contribution in [0.25, 0.3) is 4.85 Å². The van der Waals surface area contributed by atoms with Gasteiger partial charge >= 0.3 is 0 Å². The minimum Gasteiger partial charge on any atom is -0.483 e. The van der Waals surface area contributed by atoms with E-state index in [-0.39, 0.29) is 11.6 Å². The molecule has 1 rings (SSSR count). The van der Waals surface area contributed by atoms with Gasteiger partial charge in [0.1, 0.15) is 0 Å². The second kappa shape index (κ2) is 4.46. The third-order valence-electron chi connectivity index (χ3n) is 1.57. The van der Waals surface area contributed by atoms with E-state index >= 15 is 0 Å². The minimum atomic E-state index is -0.350. The second-order valence-electron chi connectivity index (χ2n) is 2.69. The van der Waals surface area contributed by atoms with E-state index in [1.807, 2.05) is 6.92 Å². The van der Waals surface area contributed by atoms with Gasteiger partial charge in [0.05, 0.1) is 0 Å². The quantitative estimate of drug-likeness (QED) is 0.651. The molecular weight excluding hydrogens is 169 g/mol. The summed E-state index contributed by atoms with van der Waals surface area (Å²) in [5, 5.41) is 0. The monoisotopic (exact) mass is 180 g/mol. The molecule has 0 spiro atoms. The Morgan fingerprint density at radius 3 is 2.92 bits per heavy atom. The van der Waals surface area contributed by atoms with Gasteiger partial charge in [-0.05, 0) is 24.6 Å². The van der Waals surface area contributed by atoms with Gasteiger partial charge in [-0.15, -0.1) is 0 Å². The summed E-state index contributed by atoms with van der Waals surface area (Å²) in [5.41, 5.74) is 0.869. The van der Waals surface area contributed by atoms with Gasteiger partial charge in [0.2, 0.25) is 0 Å². The third-order valence-corrected chi connectivity index (χ3v) is 1.57. The first-order chi connectivity index (χ1) is 6.24. The van der Waals surface area contributed by atoms with Crippen molar-refractivity contribution in [3.05, 3.63) is 34.4 Å². The van der Waals surface area contributed by atoms with Crippen molar-refractivity contribution in [1.82, 2.24) is 0 Å². The van der Waals surface area contributed by atoms with E-state index in [9.17, 15) is 4.39 Å². The van der Waals surface area contributed by atoms with E-state index < -0.39 is 0 Å². The average Bonchev–Trinajstić information content (AvgIpc) is 2.09. The highest BCUT2D eigenvalue weighted by molar-refractivity contribution is 5.28. The van der Waals surface area contributed by atoms with E-state index in [1.165, 1.54) is 6.07 Å². The van der Waals surface area contributed by atoms with Crippen molar-refractivity contribution in [3.8, 4) is 12.3 Å². The Bertz CT molecular complexity index is 330. The molecule has 3 heteroatoms. The molecule has 2 nitrogen and oxygen atoms in total. The molecule has 0 radical (unpaired) electrons.